The van der Waals surface area contributed by atoms with Gasteiger partial charge in [-0.3, -0.25) is 4.99 Å². The van der Waals surface area contributed by atoms with Gasteiger partial charge < -0.3 is 14.8 Å². The topological polar surface area (TPSA) is 42.8 Å². The Labute approximate surface area is 189 Å². The van der Waals surface area contributed by atoms with Crippen molar-refractivity contribution in [2.75, 3.05) is 19.5 Å². The molecule has 0 fully saturated rings. The van der Waals surface area contributed by atoms with Crippen LogP contribution in [-0.2, 0) is 0 Å². The van der Waals surface area contributed by atoms with Crippen molar-refractivity contribution in [3.05, 3.63) is 95.1 Å². The predicted octanol–water partition coefficient (Wildman–Crippen LogP) is 6.59. The molecule has 0 spiro atoms. The first kappa shape index (κ1) is 20.4. The van der Waals surface area contributed by atoms with Crippen molar-refractivity contribution < 1.29 is 9.47 Å². The van der Waals surface area contributed by atoms with Gasteiger partial charge >= 0.3 is 0 Å². The number of aliphatic imine (C=N–C) groups is 1. The van der Waals surface area contributed by atoms with Crippen LogP contribution in [0.2, 0.25) is 0 Å². The highest BCUT2D eigenvalue weighted by atomic mass is 16.5. The summed E-state index contributed by atoms with van der Waals surface area (Å²) in [6, 6.07) is 21.3. The zero-order chi connectivity index (χ0) is 22.1. The first-order chi connectivity index (χ1) is 15.7. The number of nitrogens with one attached hydrogen (secondary N) is 1. The fraction of sp³-hybridized carbons (Fsp3) is 0.250. The molecule has 3 aromatic carbocycles. The number of nitrogens with zero attached hydrogens (tertiary/aromatic N) is 1. The summed E-state index contributed by atoms with van der Waals surface area (Å²) in [5, 5.41) is 3.81. The van der Waals surface area contributed by atoms with Crippen LogP contribution in [0.25, 0.3) is 0 Å². The van der Waals surface area contributed by atoms with Crippen molar-refractivity contribution in [1.29, 1.82) is 0 Å². The van der Waals surface area contributed by atoms with Crippen LogP contribution in [0.3, 0.4) is 0 Å². The van der Waals surface area contributed by atoms with Gasteiger partial charge in [0.1, 0.15) is 11.5 Å². The molecule has 0 bridgehead atoms. The van der Waals surface area contributed by atoms with Gasteiger partial charge in [-0.1, -0.05) is 42.0 Å². The lowest BCUT2D eigenvalue weighted by molar-refractivity contribution is 0.394. The Kier molecular flexibility index (Phi) is 5.44. The Balaban J connectivity index is 1.37. The summed E-state index contributed by atoms with van der Waals surface area (Å²) in [5.74, 6) is 2.53. The summed E-state index contributed by atoms with van der Waals surface area (Å²) < 4.78 is 10.7. The maximum Gasteiger partial charge on any atom is 0.131 e. The van der Waals surface area contributed by atoms with E-state index in [1.54, 1.807) is 14.2 Å². The number of anilines is 1. The highest BCUT2D eigenvalue weighted by Gasteiger charge is 2.37. The van der Waals surface area contributed by atoms with E-state index in [4.69, 9.17) is 9.47 Å². The smallest absolute Gasteiger partial charge is 0.131 e. The second kappa shape index (κ2) is 8.54. The molecule has 1 aliphatic heterocycles. The maximum absolute atomic E-state index is 5.47. The maximum atomic E-state index is 5.47. The monoisotopic (exact) mass is 424 g/mol. The molecule has 0 unspecified atom stereocenters. The van der Waals surface area contributed by atoms with E-state index in [9.17, 15) is 0 Å². The Morgan fingerprint density at radius 1 is 0.969 bits per heavy atom. The van der Waals surface area contributed by atoms with E-state index >= 15 is 0 Å². The average Bonchev–Trinajstić information content (AvgIpc) is 3.33. The van der Waals surface area contributed by atoms with Crippen LogP contribution in [-0.4, -0.2) is 20.4 Å². The molecule has 2 aliphatic rings. The number of hydrogen-bond donors (Lipinski definition) is 1. The quantitative estimate of drug-likeness (QED) is 0.371. The minimum atomic E-state index is 0.296. The summed E-state index contributed by atoms with van der Waals surface area (Å²) in [7, 11) is 3.30. The lowest BCUT2D eigenvalue weighted by atomic mass is 9.76. The third kappa shape index (κ3) is 3.77. The highest BCUT2D eigenvalue weighted by Crippen LogP contribution is 2.50. The Morgan fingerprint density at radius 3 is 2.59 bits per heavy atom. The summed E-state index contributed by atoms with van der Waals surface area (Å²) in [6.45, 7) is 2.17. The molecule has 4 heteroatoms. The second-order valence-corrected chi connectivity index (χ2v) is 8.52. The largest absolute Gasteiger partial charge is 0.497 e. The molecular formula is C28H28N2O2. The number of benzene rings is 3. The number of rotatable bonds is 5. The molecule has 4 nitrogen and oxygen atoms in total. The van der Waals surface area contributed by atoms with Gasteiger partial charge in [-0.15, -0.1) is 0 Å². The zero-order valence-corrected chi connectivity index (χ0v) is 18.7. The van der Waals surface area contributed by atoms with Gasteiger partial charge in [-0.2, -0.15) is 0 Å². The van der Waals surface area contributed by atoms with Gasteiger partial charge in [0.15, 0.2) is 0 Å². The highest BCUT2D eigenvalue weighted by molar-refractivity contribution is 5.85. The van der Waals surface area contributed by atoms with E-state index in [-0.39, 0.29) is 0 Å². The fourth-order valence-corrected chi connectivity index (χ4v) is 4.88. The van der Waals surface area contributed by atoms with Crippen molar-refractivity contribution in [2.45, 2.75) is 25.3 Å². The standard InChI is InChI=1S/C28H28N2O2/c1-18-7-14-26-25(15-18)23-5-4-6-24(23)28(30-26)19-8-11-21(12-9-19)29-17-20-10-13-22(31-2)16-27(20)32-3/h4-5,7-17,23-24,28,30H,6H2,1-3H3/t23-,24-,28-/m0/s1. The van der Waals surface area contributed by atoms with Gasteiger partial charge in [0.25, 0.3) is 0 Å². The van der Waals surface area contributed by atoms with Crippen molar-refractivity contribution >= 4 is 17.6 Å². The molecule has 3 atom stereocenters. The molecule has 32 heavy (non-hydrogen) atoms. The minimum Gasteiger partial charge on any atom is -0.497 e. The average molecular weight is 425 g/mol. The predicted molar refractivity (Wildman–Crippen MR) is 131 cm³/mol. The van der Waals surface area contributed by atoms with E-state index in [1.807, 2.05) is 24.4 Å². The molecule has 5 rings (SSSR count). The summed E-state index contributed by atoms with van der Waals surface area (Å²) in [6.07, 6.45) is 7.66. The van der Waals surface area contributed by atoms with Gasteiger partial charge in [0.2, 0.25) is 0 Å². The molecule has 0 saturated heterocycles. The van der Waals surface area contributed by atoms with Crippen molar-refractivity contribution in [3.63, 3.8) is 0 Å². The fourth-order valence-electron chi connectivity index (χ4n) is 4.88. The molecule has 1 heterocycles. The summed E-state index contributed by atoms with van der Waals surface area (Å²) in [4.78, 5) is 4.66. The number of allylic oxidation sites excluding steroid dienone is 2. The third-order valence-electron chi connectivity index (χ3n) is 6.56. The normalized spacial score (nSPS) is 21.2. The Hall–Kier alpha value is -3.53. The first-order valence-electron chi connectivity index (χ1n) is 11.1. The Morgan fingerprint density at radius 2 is 1.81 bits per heavy atom. The molecule has 1 N–H and O–H groups in total. The zero-order valence-electron chi connectivity index (χ0n) is 18.7. The number of ether oxygens (including phenoxy) is 2. The van der Waals surface area contributed by atoms with Crippen molar-refractivity contribution in [1.82, 2.24) is 0 Å². The minimum absolute atomic E-state index is 0.296. The van der Waals surface area contributed by atoms with Crippen LogP contribution in [0.5, 0.6) is 11.5 Å². The molecule has 0 amide bonds. The van der Waals surface area contributed by atoms with Crippen LogP contribution in [0.4, 0.5) is 11.4 Å². The van der Waals surface area contributed by atoms with E-state index in [2.05, 4.69) is 71.8 Å². The number of aryl methyl sites for hydroxylation is 1. The van der Waals surface area contributed by atoms with E-state index in [0.717, 1.165) is 29.2 Å². The lowest BCUT2D eigenvalue weighted by Crippen LogP contribution is -2.29. The van der Waals surface area contributed by atoms with E-state index in [1.165, 1.54) is 22.4 Å². The first-order valence-corrected chi connectivity index (χ1v) is 11.1. The van der Waals surface area contributed by atoms with E-state index < -0.39 is 0 Å². The SMILES string of the molecule is COc1ccc(C=Nc2ccc([C@@H]3Nc4ccc(C)cc4[C@H]4C=CC[C@@H]43)cc2)c(OC)c1. The molecule has 162 valence electrons. The molecular weight excluding hydrogens is 396 g/mol. The van der Waals surface area contributed by atoms with Gasteiger partial charge in [0.05, 0.1) is 25.9 Å². The van der Waals surface area contributed by atoms with Crippen molar-refractivity contribution in [3.8, 4) is 11.5 Å². The van der Waals surface area contributed by atoms with Crippen LogP contribution in [0.1, 0.15) is 40.6 Å². The van der Waals surface area contributed by atoms with Crippen LogP contribution < -0.4 is 14.8 Å². The number of fused-ring (bicyclic) bond motifs is 3. The molecule has 1 aliphatic carbocycles. The van der Waals surface area contributed by atoms with E-state index in [0.29, 0.717) is 17.9 Å². The lowest BCUT2D eigenvalue weighted by Gasteiger charge is -2.37. The molecule has 0 aromatic heterocycles. The van der Waals surface area contributed by atoms with Gasteiger partial charge in [-0.25, -0.2) is 0 Å². The van der Waals surface area contributed by atoms with Crippen molar-refractivity contribution in [2.24, 2.45) is 10.9 Å². The second-order valence-electron chi connectivity index (χ2n) is 8.52. The third-order valence-corrected chi connectivity index (χ3v) is 6.56. The molecule has 3 aromatic rings. The van der Waals surface area contributed by atoms with Gasteiger partial charge in [0, 0.05) is 29.4 Å². The number of hydrogen-bond acceptors (Lipinski definition) is 4. The van der Waals surface area contributed by atoms with Crippen LogP contribution in [0, 0.1) is 12.8 Å². The summed E-state index contributed by atoms with van der Waals surface area (Å²) in [5.41, 5.74) is 7.13. The van der Waals surface area contributed by atoms with Crippen LogP contribution >= 0.6 is 0 Å². The Bertz CT molecular complexity index is 1180. The molecule has 0 radical (unpaired) electrons. The number of methoxy groups -OCH3 is 2. The summed E-state index contributed by atoms with van der Waals surface area (Å²) >= 11 is 0. The van der Waals surface area contributed by atoms with Crippen LogP contribution in [0.15, 0.2) is 77.8 Å². The molecule has 0 saturated carbocycles. The van der Waals surface area contributed by atoms with Gasteiger partial charge in [-0.05, 0) is 60.7 Å².